The van der Waals surface area contributed by atoms with Gasteiger partial charge in [0.05, 0.1) is 0 Å². The number of esters is 3. The maximum atomic E-state index is 12.9. The summed E-state index contributed by atoms with van der Waals surface area (Å²) in [6.45, 7) is 2.57. The van der Waals surface area contributed by atoms with Crippen molar-refractivity contribution >= 4 is 17.9 Å². The van der Waals surface area contributed by atoms with Crippen LogP contribution in [0.1, 0.15) is 27.2 Å². The first-order chi connectivity index (χ1) is 9.33. The van der Waals surface area contributed by atoms with Crippen LogP contribution in [0, 0.1) is 0 Å². The molecule has 0 aliphatic carbocycles. The van der Waals surface area contributed by atoms with Crippen LogP contribution in [0.2, 0.25) is 0 Å². The molecule has 1 heterocycles. The smallest absolute Gasteiger partial charge is 0.305 e. The Bertz CT molecular complexity index is 384. The van der Waals surface area contributed by atoms with E-state index in [0.717, 1.165) is 6.92 Å². The summed E-state index contributed by atoms with van der Waals surface area (Å²) in [5.74, 6) is -1.88. The van der Waals surface area contributed by atoms with E-state index >= 15 is 0 Å². The van der Waals surface area contributed by atoms with Crippen molar-refractivity contribution in [2.45, 2.75) is 51.8 Å². The standard InChI is InChI=1S/C12H17FO7/c1-6(14)17-9-4-10(18-7(2)15)12(19-8(3)16)20-11(9)5-13/h9-12H,4-5H2,1-3H3/t9-,10-,11?,12-/m0/s1. The lowest BCUT2D eigenvalue weighted by atomic mass is 10.0. The summed E-state index contributed by atoms with van der Waals surface area (Å²) >= 11 is 0. The molecule has 1 saturated heterocycles. The van der Waals surface area contributed by atoms with E-state index in [0.29, 0.717) is 0 Å². The number of halogens is 1. The highest BCUT2D eigenvalue weighted by atomic mass is 19.1. The number of hydrogen-bond donors (Lipinski definition) is 0. The average Bonchev–Trinajstić information content (AvgIpc) is 2.30. The fourth-order valence-electron chi connectivity index (χ4n) is 1.90. The zero-order valence-electron chi connectivity index (χ0n) is 11.5. The third-order valence-corrected chi connectivity index (χ3v) is 2.56. The van der Waals surface area contributed by atoms with E-state index in [-0.39, 0.29) is 6.42 Å². The second kappa shape index (κ2) is 7.18. The van der Waals surface area contributed by atoms with Crippen LogP contribution in [0.15, 0.2) is 0 Å². The van der Waals surface area contributed by atoms with Crippen LogP contribution in [-0.4, -0.2) is 49.2 Å². The minimum Gasteiger partial charge on any atom is -0.460 e. The van der Waals surface area contributed by atoms with Gasteiger partial charge in [-0.15, -0.1) is 0 Å². The molecule has 20 heavy (non-hydrogen) atoms. The van der Waals surface area contributed by atoms with E-state index < -0.39 is 49.2 Å². The zero-order chi connectivity index (χ0) is 15.3. The molecule has 0 saturated carbocycles. The monoisotopic (exact) mass is 292 g/mol. The summed E-state index contributed by atoms with van der Waals surface area (Å²) in [5, 5.41) is 0. The molecular formula is C12H17FO7. The van der Waals surface area contributed by atoms with Crippen molar-refractivity contribution in [1.82, 2.24) is 0 Å². The van der Waals surface area contributed by atoms with E-state index in [1.54, 1.807) is 0 Å². The van der Waals surface area contributed by atoms with Gasteiger partial charge in [0.2, 0.25) is 6.29 Å². The SMILES string of the molecule is CC(=O)O[C@H]1OC(CF)[C@@H](OC(C)=O)C[C@@H]1OC(C)=O. The second-order valence-corrected chi connectivity index (χ2v) is 4.34. The molecule has 1 unspecified atom stereocenters. The minimum atomic E-state index is -1.22. The van der Waals surface area contributed by atoms with Gasteiger partial charge >= 0.3 is 17.9 Å². The predicted octanol–water partition coefficient (Wildman–Crippen LogP) is 0.497. The third-order valence-electron chi connectivity index (χ3n) is 2.56. The predicted molar refractivity (Wildman–Crippen MR) is 62.1 cm³/mol. The zero-order valence-corrected chi connectivity index (χ0v) is 11.5. The first-order valence-electron chi connectivity index (χ1n) is 6.06. The maximum Gasteiger partial charge on any atom is 0.305 e. The minimum absolute atomic E-state index is 0.00824. The molecule has 7 nitrogen and oxygen atoms in total. The van der Waals surface area contributed by atoms with Crippen molar-refractivity contribution in [3.63, 3.8) is 0 Å². The Morgan fingerprint density at radius 2 is 1.50 bits per heavy atom. The van der Waals surface area contributed by atoms with Crippen molar-refractivity contribution in [2.75, 3.05) is 6.67 Å². The molecule has 0 aromatic carbocycles. The lowest BCUT2D eigenvalue weighted by Gasteiger charge is -2.38. The van der Waals surface area contributed by atoms with E-state index in [2.05, 4.69) is 0 Å². The molecule has 0 bridgehead atoms. The second-order valence-electron chi connectivity index (χ2n) is 4.34. The van der Waals surface area contributed by atoms with Gasteiger partial charge in [0.25, 0.3) is 0 Å². The van der Waals surface area contributed by atoms with Gasteiger partial charge in [0, 0.05) is 27.2 Å². The Morgan fingerprint density at radius 1 is 1.00 bits per heavy atom. The molecule has 1 aliphatic rings. The van der Waals surface area contributed by atoms with Crippen molar-refractivity contribution in [3.8, 4) is 0 Å². The number of alkyl halides is 1. The van der Waals surface area contributed by atoms with Gasteiger partial charge in [-0.05, 0) is 0 Å². The number of rotatable bonds is 4. The molecule has 8 heteroatoms. The largest absolute Gasteiger partial charge is 0.460 e. The summed E-state index contributed by atoms with van der Waals surface area (Å²) in [4.78, 5) is 33.0. The lowest BCUT2D eigenvalue weighted by molar-refractivity contribution is -0.266. The first-order valence-corrected chi connectivity index (χ1v) is 6.06. The van der Waals surface area contributed by atoms with Gasteiger partial charge in [-0.3, -0.25) is 14.4 Å². The Hall–Kier alpha value is -1.70. The van der Waals surface area contributed by atoms with Crippen LogP contribution in [0.4, 0.5) is 4.39 Å². The van der Waals surface area contributed by atoms with Crippen molar-refractivity contribution < 1.29 is 37.7 Å². The summed E-state index contributed by atoms with van der Waals surface area (Å²) < 4.78 is 32.8. The van der Waals surface area contributed by atoms with Gasteiger partial charge in [-0.1, -0.05) is 0 Å². The van der Waals surface area contributed by atoms with Gasteiger partial charge in [0.15, 0.2) is 6.10 Å². The normalized spacial score (nSPS) is 29.4. The van der Waals surface area contributed by atoms with E-state index in [1.165, 1.54) is 13.8 Å². The van der Waals surface area contributed by atoms with Crippen LogP contribution in [0.5, 0.6) is 0 Å². The van der Waals surface area contributed by atoms with Crippen molar-refractivity contribution in [1.29, 1.82) is 0 Å². The van der Waals surface area contributed by atoms with Gasteiger partial charge < -0.3 is 18.9 Å². The molecule has 1 fully saturated rings. The highest BCUT2D eigenvalue weighted by Crippen LogP contribution is 2.26. The molecule has 1 rings (SSSR count). The van der Waals surface area contributed by atoms with E-state index in [9.17, 15) is 18.8 Å². The molecule has 4 atom stereocenters. The molecule has 0 aromatic rings. The van der Waals surface area contributed by atoms with Gasteiger partial charge in [-0.25, -0.2) is 4.39 Å². The average molecular weight is 292 g/mol. The fourth-order valence-corrected chi connectivity index (χ4v) is 1.90. The summed E-state index contributed by atoms with van der Waals surface area (Å²) in [5.41, 5.74) is 0. The van der Waals surface area contributed by atoms with E-state index in [4.69, 9.17) is 18.9 Å². The number of ether oxygens (including phenoxy) is 4. The van der Waals surface area contributed by atoms with Crippen molar-refractivity contribution in [2.24, 2.45) is 0 Å². The summed E-state index contributed by atoms with van der Waals surface area (Å²) in [6.07, 6.45) is -4.16. The van der Waals surface area contributed by atoms with E-state index in [1.807, 2.05) is 0 Å². The molecule has 0 aromatic heterocycles. The molecule has 114 valence electrons. The number of hydrogen-bond acceptors (Lipinski definition) is 7. The first kappa shape index (κ1) is 16.4. The van der Waals surface area contributed by atoms with Crippen LogP contribution in [0.3, 0.4) is 0 Å². The maximum absolute atomic E-state index is 12.9. The Labute approximate surface area is 115 Å². The van der Waals surface area contributed by atoms with Crippen LogP contribution in [-0.2, 0) is 33.3 Å². The summed E-state index contributed by atoms with van der Waals surface area (Å²) in [7, 11) is 0. The highest BCUT2D eigenvalue weighted by Gasteiger charge is 2.43. The molecule has 1 aliphatic heterocycles. The molecule has 0 N–H and O–H groups in total. The third kappa shape index (κ3) is 4.76. The molecule has 0 spiro atoms. The highest BCUT2D eigenvalue weighted by molar-refractivity contribution is 5.67. The number of carbonyl (C=O) groups is 3. The summed E-state index contributed by atoms with van der Waals surface area (Å²) in [6, 6.07) is 0. The Morgan fingerprint density at radius 3 is 1.95 bits per heavy atom. The Kier molecular flexibility index (Phi) is 5.87. The topological polar surface area (TPSA) is 88.1 Å². The van der Waals surface area contributed by atoms with Crippen LogP contribution < -0.4 is 0 Å². The van der Waals surface area contributed by atoms with Gasteiger partial charge in [0.1, 0.15) is 18.9 Å². The quantitative estimate of drug-likeness (QED) is 0.550. The van der Waals surface area contributed by atoms with Gasteiger partial charge in [-0.2, -0.15) is 0 Å². The number of carbonyl (C=O) groups excluding carboxylic acids is 3. The van der Waals surface area contributed by atoms with Crippen LogP contribution >= 0.6 is 0 Å². The van der Waals surface area contributed by atoms with Crippen molar-refractivity contribution in [3.05, 3.63) is 0 Å². The van der Waals surface area contributed by atoms with Crippen LogP contribution in [0.25, 0.3) is 0 Å². The molecule has 0 amide bonds. The fraction of sp³-hybridized carbons (Fsp3) is 0.750. The molecular weight excluding hydrogens is 275 g/mol. The lowest BCUT2D eigenvalue weighted by Crippen LogP contribution is -2.52. The Balaban J connectivity index is 2.82. The molecule has 0 radical (unpaired) electrons.